The predicted molar refractivity (Wildman–Crippen MR) is 149 cm³/mol. The number of fused-ring (bicyclic) bond motifs is 7. The van der Waals surface area contributed by atoms with Crippen LogP contribution in [0.5, 0.6) is 0 Å². The van der Waals surface area contributed by atoms with E-state index in [1.807, 2.05) is 0 Å². The molecule has 0 saturated heterocycles. The molecule has 0 spiro atoms. The van der Waals surface area contributed by atoms with E-state index in [-0.39, 0.29) is 10.8 Å². The standard InChI is InChI=1S/C34H29N/c1-33(2)29-12-8-7-11-25(29)26-15-13-24(20-32(26)33)35-23-14-16-30-28(19-23)27-17-21-9-5-6-10-22(21)18-31(27)34(30,3)4/h5-20,35H,1-4H3. The fourth-order valence-electron chi connectivity index (χ4n) is 6.46. The van der Waals surface area contributed by atoms with Crippen LogP contribution in [0.4, 0.5) is 11.4 Å². The molecule has 0 fully saturated rings. The Balaban J connectivity index is 1.30. The van der Waals surface area contributed by atoms with Crippen LogP contribution in [-0.2, 0) is 10.8 Å². The van der Waals surface area contributed by atoms with Crippen molar-refractivity contribution in [2.75, 3.05) is 5.32 Å². The number of hydrogen-bond acceptors (Lipinski definition) is 1. The molecule has 1 nitrogen and oxygen atoms in total. The normalized spacial score (nSPS) is 15.9. The zero-order valence-corrected chi connectivity index (χ0v) is 20.7. The molecule has 0 unspecified atom stereocenters. The maximum Gasteiger partial charge on any atom is 0.0390 e. The molecule has 2 aliphatic rings. The lowest BCUT2D eigenvalue weighted by Gasteiger charge is -2.22. The topological polar surface area (TPSA) is 12.0 Å². The highest BCUT2D eigenvalue weighted by molar-refractivity contribution is 5.94. The number of anilines is 2. The van der Waals surface area contributed by atoms with Crippen molar-refractivity contribution in [1.29, 1.82) is 0 Å². The van der Waals surface area contributed by atoms with Gasteiger partial charge in [-0.25, -0.2) is 0 Å². The Morgan fingerprint density at radius 2 is 0.971 bits per heavy atom. The van der Waals surface area contributed by atoms with Crippen LogP contribution in [0.25, 0.3) is 33.0 Å². The maximum atomic E-state index is 3.72. The molecule has 2 aliphatic carbocycles. The summed E-state index contributed by atoms with van der Waals surface area (Å²) in [6, 6.07) is 36.0. The molecule has 0 amide bonds. The summed E-state index contributed by atoms with van der Waals surface area (Å²) < 4.78 is 0. The molecule has 1 N–H and O–H groups in total. The molecule has 0 aliphatic heterocycles. The van der Waals surface area contributed by atoms with Crippen LogP contribution >= 0.6 is 0 Å². The third-order valence-electron chi connectivity index (χ3n) is 8.41. The Morgan fingerprint density at radius 1 is 0.429 bits per heavy atom. The maximum absolute atomic E-state index is 3.72. The monoisotopic (exact) mass is 451 g/mol. The van der Waals surface area contributed by atoms with E-state index < -0.39 is 0 Å². The number of rotatable bonds is 2. The first kappa shape index (κ1) is 20.5. The highest BCUT2D eigenvalue weighted by atomic mass is 14.9. The van der Waals surface area contributed by atoms with Gasteiger partial charge in [-0.05, 0) is 91.7 Å². The molecule has 35 heavy (non-hydrogen) atoms. The molecule has 0 radical (unpaired) electrons. The van der Waals surface area contributed by atoms with Crippen molar-refractivity contribution < 1.29 is 0 Å². The molecule has 0 bridgehead atoms. The lowest BCUT2D eigenvalue weighted by molar-refractivity contribution is 0.660. The van der Waals surface area contributed by atoms with E-state index in [0.717, 1.165) is 11.4 Å². The van der Waals surface area contributed by atoms with Gasteiger partial charge >= 0.3 is 0 Å². The van der Waals surface area contributed by atoms with E-state index in [2.05, 4.69) is 130 Å². The Bertz CT molecular complexity index is 1670. The first-order valence-corrected chi connectivity index (χ1v) is 12.5. The molecule has 0 atom stereocenters. The van der Waals surface area contributed by atoms with Crippen molar-refractivity contribution in [2.45, 2.75) is 38.5 Å². The third kappa shape index (κ3) is 2.82. The van der Waals surface area contributed by atoms with Crippen molar-refractivity contribution in [1.82, 2.24) is 0 Å². The second-order valence-electron chi connectivity index (χ2n) is 11.2. The smallest absolute Gasteiger partial charge is 0.0390 e. The van der Waals surface area contributed by atoms with Crippen LogP contribution in [0.3, 0.4) is 0 Å². The van der Waals surface area contributed by atoms with Gasteiger partial charge in [0.25, 0.3) is 0 Å². The molecular weight excluding hydrogens is 422 g/mol. The summed E-state index contributed by atoms with van der Waals surface area (Å²) >= 11 is 0. The zero-order valence-electron chi connectivity index (χ0n) is 20.7. The summed E-state index contributed by atoms with van der Waals surface area (Å²) in [5.74, 6) is 0. The first-order valence-electron chi connectivity index (χ1n) is 12.5. The van der Waals surface area contributed by atoms with Crippen LogP contribution < -0.4 is 5.32 Å². The van der Waals surface area contributed by atoms with Gasteiger partial charge in [0.1, 0.15) is 0 Å². The Kier molecular flexibility index (Phi) is 4.02. The summed E-state index contributed by atoms with van der Waals surface area (Å²) in [6.07, 6.45) is 0. The second-order valence-corrected chi connectivity index (χ2v) is 11.2. The first-order chi connectivity index (χ1) is 16.8. The van der Waals surface area contributed by atoms with Crippen molar-refractivity contribution in [2.24, 2.45) is 0 Å². The van der Waals surface area contributed by atoms with Crippen LogP contribution in [0, 0.1) is 0 Å². The van der Waals surface area contributed by atoms with Gasteiger partial charge in [0.15, 0.2) is 0 Å². The molecule has 0 heterocycles. The summed E-state index contributed by atoms with van der Waals surface area (Å²) in [7, 11) is 0. The van der Waals surface area contributed by atoms with Gasteiger partial charge < -0.3 is 5.32 Å². The quantitative estimate of drug-likeness (QED) is 0.282. The van der Waals surface area contributed by atoms with Crippen LogP contribution in [0.15, 0.2) is 97.1 Å². The largest absolute Gasteiger partial charge is 0.355 e. The second kappa shape index (κ2) is 6.86. The lowest BCUT2D eigenvalue weighted by Crippen LogP contribution is -2.15. The molecule has 1 heteroatoms. The van der Waals surface area contributed by atoms with Gasteiger partial charge in [0.05, 0.1) is 0 Å². The van der Waals surface area contributed by atoms with Crippen molar-refractivity contribution in [3.63, 3.8) is 0 Å². The number of nitrogens with one attached hydrogen (secondary N) is 1. The predicted octanol–water partition coefficient (Wildman–Crippen LogP) is 9.20. The molecule has 7 rings (SSSR count). The van der Waals surface area contributed by atoms with Gasteiger partial charge in [-0.2, -0.15) is 0 Å². The Hall–Kier alpha value is -3.84. The van der Waals surface area contributed by atoms with Crippen molar-refractivity contribution in [3.05, 3.63) is 119 Å². The van der Waals surface area contributed by atoms with Gasteiger partial charge in [-0.3, -0.25) is 0 Å². The Morgan fingerprint density at radius 3 is 1.77 bits per heavy atom. The van der Waals surface area contributed by atoms with E-state index >= 15 is 0 Å². The minimum absolute atomic E-state index is 0.00337. The van der Waals surface area contributed by atoms with Crippen LogP contribution in [0.2, 0.25) is 0 Å². The summed E-state index contributed by atoms with van der Waals surface area (Å²) in [5.41, 5.74) is 13.3. The minimum atomic E-state index is -0.00337. The van der Waals surface area contributed by atoms with E-state index in [9.17, 15) is 0 Å². The van der Waals surface area contributed by atoms with E-state index in [0.29, 0.717) is 0 Å². The van der Waals surface area contributed by atoms with Gasteiger partial charge in [0, 0.05) is 22.2 Å². The van der Waals surface area contributed by atoms with E-state index in [4.69, 9.17) is 0 Å². The molecule has 5 aromatic carbocycles. The van der Waals surface area contributed by atoms with Gasteiger partial charge in [-0.1, -0.05) is 88.4 Å². The molecular formula is C34H29N. The zero-order chi connectivity index (χ0) is 23.9. The van der Waals surface area contributed by atoms with E-state index in [1.54, 1.807) is 0 Å². The van der Waals surface area contributed by atoms with E-state index in [1.165, 1.54) is 55.3 Å². The van der Waals surface area contributed by atoms with Crippen LogP contribution in [0.1, 0.15) is 49.9 Å². The Labute approximate surface area is 207 Å². The van der Waals surface area contributed by atoms with Gasteiger partial charge in [0.2, 0.25) is 0 Å². The highest BCUT2D eigenvalue weighted by Gasteiger charge is 2.37. The summed E-state index contributed by atoms with van der Waals surface area (Å²) in [6.45, 7) is 9.36. The van der Waals surface area contributed by atoms with Crippen molar-refractivity contribution >= 4 is 22.1 Å². The number of hydrogen-bond donors (Lipinski definition) is 1. The molecule has 0 saturated carbocycles. The fourth-order valence-corrected chi connectivity index (χ4v) is 6.46. The molecule has 170 valence electrons. The summed E-state index contributed by atoms with van der Waals surface area (Å²) in [4.78, 5) is 0. The molecule has 5 aromatic rings. The molecule has 0 aromatic heterocycles. The van der Waals surface area contributed by atoms with Gasteiger partial charge in [-0.15, -0.1) is 0 Å². The highest BCUT2D eigenvalue weighted by Crippen LogP contribution is 2.51. The average Bonchev–Trinajstić information content (AvgIpc) is 3.22. The average molecular weight is 452 g/mol. The fraction of sp³-hybridized carbons (Fsp3) is 0.176. The summed E-state index contributed by atoms with van der Waals surface area (Å²) in [5, 5.41) is 6.34. The number of benzene rings is 5. The third-order valence-corrected chi connectivity index (χ3v) is 8.41. The SMILES string of the molecule is CC1(C)c2ccccc2-c2ccc(Nc3ccc4c(c3)-c3cc5ccccc5cc3C4(C)C)cc21. The van der Waals surface area contributed by atoms with Crippen LogP contribution in [-0.4, -0.2) is 0 Å². The minimum Gasteiger partial charge on any atom is -0.355 e. The lowest BCUT2D eigenvalue weighted by atomic mass is 9.82. The van der Waals surface area contributed by atoms with Crippen molar-refractivity contribution in [3.8, 4) is 22.3 Å².